The van der Waals surface area contributed by atoms with Crippen molar-refractivity contribution in [3.8, 4) is 0 Å². The number of benzene rings is 2. The Morgan fingerprint density at radius 3 is 2.32 bits per heavy atom. The molecule has 0 unspecified atom stereocenters. The van der Waals surface area contributed by atoms with Gasteiger partial charge in [-0.05, 0) is 24.1 Å². The zero-order valence-corrected chi connectivity index (χ0v) is 14.5. The highest BCUT2D eigenvalue weighted by Crippen LogP contribution is 2.11. The Morgan fingerprint density at radius 1 is 1.04 bits per heavy atom. The maximum atomic E-state index is 13.7. The molecule has 0 heterocycles. The van der Waals surface area contributed by atoms with Gasteiger partial charge < -0.3 is 10.6 Å². The van der Waals surface area contributed by atoms with Crippen molar-refractivity contribution in [3.05, 3.63) is 71.5 Å². The van der Waals surface area contributed by atoms with Gasteiger partial charge in [0.25, 0.3) is 5.91 Å². The molecule has 0 radical (unpaired) electrons. The van der Waals surface area contributed by atoms with E-state index in [2.05, 4.69) is 10.6 Å². The monoisotopic (exact) mass is 342 g/mol. The summed E-state index contributed by atoms with van der Waals surface area (Å²) in [6.45, 7) is 3.94. The second-order valence-corrected chi connectivity index (χ2v) is 6.01. The number of amides is 2. The molecule has 2 aromatic carbocycles. The van der Waals surface area contributed by atoms with Crippen LogP contribution in [0.5, 0.6) is 0 Å². The Morgan fingerprint density at radius 2 is 1.68 bits per heavy atom. The Bertz CT molecular complexity index is 719. The molecule has 25 heavy (non-hydrogen) atoms. The summed E-state index contributed by atoms with van der Waals surface area (Å²) in [5, 5.41) is 5.51. The lowest BCUT2D eigenvalue weighted by atomic mass is 9.97. The summed E-state index contributed by atoms with van der Waals surface area (Å²) < 4.78 is 13.7. The summed E-state index contributed by atoms with van der Waals surface area (Å²) in [6, 6.07) is 14.4. The third kappa shape index (κ3) is 5.14. The van der Waals surface area contributed by atoms with Gasteiger partial charge in [0.05, 0.1) is 0 Å². The van der Waals surface area contributed by atoms with Crippen molar-refractivity contribution in [1.29, 1.82) is 0 Å². The minimum absolute atomic E-state index is 0.0479. The lowest BCUT2D eigenvalue weighted by Crippen LogP contribution is -2.50. The van der Waals surface area contributed by atoms with Crippen LogP contribution in [0.15, 0.2) is 54.6 Å². The smallest absolute Gasteiger partial charge is 0.251 e. The van der Waals surface area contributed by atoms with Crippen LogP contribution in [0.25, 0.3) is 0 Å². The molecule has 0 fully saturated rings. The Hall–Kier alpha value is -2.69. The molecule has 0 saturated carbocycles. The highest BCUT2D eigenvalue weighted by Gasteiger charge is 2.26. The highest BCUT2D eigenvalue weighted by atomic mass is 19.1. The molecule has 0 aliphatic rings. The number of nitrogens with one attached hydrogen (secondary N) is 2. The Kier molecular flexibility index (Phi) is 6.69. The number of carbonyl (C=O) groups is 2. The van der Waals surface area contributed by atoms with Crippen molar-refractivity contribution >= 4 is 11.8 Å². The molecule has 2 aromatic rings. The van der Waals surface area contributed by atoms with Gasteiger partial charge in [0, 0.05) is 17.7 Å². The van der Waals surface area contributed by atoms with Crippen LogP contribution in [0.4, 0.5) is 4.39 Å². The van der Waals surface area contributed by atoms with Crippen LogP contribution in [0.2, 0.25) is 0 Å². The molecule has 0 bridgehead atoms. The van der Waals surface area contributed by atoms with E-state index in [1.165, 1.54) is 6.07 Å². The zero-order chi connectivity index (χ0) is 18.2. The van der Waals surface area contributed by atoms with Crippen molar-refractivity contribution in [3.63, 3.8) is 0 Å². The standard InChI is InChI=1S/C20H23FN2O2/c1-3-14(2)18(23-19(24)15-9-5-4-6-10-15)20(25)22-13-16-11-7-8-12-17(16)21/h4-12,14,18H,3,13H2,1-2H3,(H,22,25)(H,23,24)/t14-,18-/m1/s1. The molecule has 2 amide bonds. The van der Waals surface area contributed by atoms with Gasteiger partial charge in [0.15, 0.2) is 0 Å². The SMILES string of the molecule is CC[C@@H](C)[C@@H](NC(=O)c1ccccc1)C(=O)NCc1ccccc1F. The summed E-state index contributed by atoms with van der Waals surface area (Å²) in [6.07, 6.45) is 0.729. The van der Waals surface area contributed by atoms with E-state index in [-0.39, 0.29) is 30.1 Å². The van der Waals surface area contributed by atoms with E-state index in [1.54, 1.807) is 42.5 Å². The van der Waals surface area contributed by atoms with Crippen LogP contribution in [-0.2, 0) is 11.3 Å². The molecule has 2 rings (SSSR count). The highest BCUT2D eigenvalue weighted by molar-refractivity contribution is 5.97. The average molecular weight is 342 g/mol. The summed E-state index contributed by atoms with van der Waals surface area (Å²) in [4.78, 5) is 24.9. The average Bonchev–Trinajstić information content (AvgIpc) is 2.65. The van der Waals surface area contributed by atoms with E-state index < -0.39 is 6.04 Å². The number of hydrogen-bond acceptors (Lipinski definition) is 2. The third-order valence-corrected chi connectivity index (χ3v) is 4.23. The van der Waals surface area contributed by atoms with E-state index in [4.69, 9.17) is 0 Å². The van der Waals surface area contributed by atoms with Crippen molar-refractivity contribution in [2.45, 2.75) is 32.9 Å². The predicted octanol–water partition coefficient (Wildman–Crippen LogP) is 3.29. The molecule has 0 spiro atoms. The quantitative estimate of drug-likeness (QED) is 0.811. The van der Waals surface area contributed by atoms with E-state index in [9.17, 15) is 14.0 Å². The largest absolute Gasteiger partial charge is 0.350 e. The van der Waals surface area contributed by atoms with Crippen LogP contribution in [0.3, 0.4) is 0 Å². The molecular weight excluding hydrogens is 319 g/mol. The molecule has 4 nitrogen and oxygen atoms in total. The van der Waals surface area contributed by atoms with Gasteiger partial charge in [-0.1, -0.05) is 56.7 Å². The van der Waals surface area contributed by atoms with Gasteiger partial charge in [0.1, 0.15) is 11.9 Å². The van der Waals surface area contributed by atoms with Crippen LogP contribution >= 0.6 is 0 Å². The fourth-order valence-electron chi connectivity index (χ4n) is 2.45. The normalized spacial score (nSPS) is 12.9. The molecule has 0 aliphatic heterocycles. The fourth-order valence-corrected chi connectivity index (χ4v) is 2.45. The van der Waals surface area contributed by atoms with Gasteiger partial charge >= 0.3 is 0 Å². The number of rotatable bonds is 7. The molecule has 0 aromatic heterocycles. The van der Waals surface area contributed by atoms with Gasteiger partial charge in [-0.3, -0.25) is 9.59 Å². The number of hydrogen-bond donors (Lipinski definition) is 2. The van der Waals surface area contributed by atoms with Gasteiger partial charge in [-0.2, -0.15) is 0 Å². The van der Waals surface area contributed by atoms with Crippen LogP contribution in [0, 0.1) is 11.7 Å². The molecule has 132 valence electrons. The molecule has 5 heteroatoms. The van der Waals surface area contributed by atoms with E-state index in [0.717, 1.165) is 6.42 Å². The topological polar surface area (TPSA) is 58.2 Å². The second-order valence-electron chi connectivity index (χ2n) is 6.01. The maximum absolute atomic E-state index is 13.7. The predicted molar refractivity (Wildman–Crippen MR) is 95.4 cm³/mol. The van der Waals surface area contributed by atoms with E-state index in [0.29, 0.717) is 11.1 Å². The maximum Gasteiger partial charge on any atom is 0.251 e. The van der Waals surface area contributed by atoms with Crippen LogP contribution in [-0.4, -0.2) is 17.9 Å². The van der Waals surface area contributed by atoms with Gasteiger partial charge in [-0.25, -0.2) is 4.39 Å². The first kappa shape index (κ1) is 18.6. The number of halogens is 1. The van der Waals surface area contributed by atoms with E-state index >= 15 is 0 Å². The Labute approximate surface area is 147 Å². The van der Waals surface area contributed by atoms with Crippen molar-refractivity contribution in [2.75, 3.05) is 0 Å². The summed E-state index contributed by atoms with van der Waals surface area (Å²) >= 11 is 0. The molecule has 2 atom stereocenters. The second kappa shape index (κ2) is 8.97. The lowest BCUT2D eigenvalue weighted by Gasteiger charge is -2.23. The van der Waals surface area contributed by atoms with Crippen LogP contribution < -0.4 is 10.6 Å². The van der Waals surface area contributed by atoms with E-state index in [1.807, 2.05) is 19.9 Å². The van der Waals surface area contributed by atoms with Crippen molar-refractivity contribution in [1.82, 2.24) is 10.6 Å². The van der Waals surface area contributed by atoms with Gasteiger partial charge in [-0.15, -0.1) is 0 Å². The Balaban J connectivity index is 2.05. The minimum atomic E-state index is -0.676. The first-order valence-electron chi connectivity index (χ1n) is 8.40. The fraction of sp³-hybridized carbons (Fsp3) is 0.300. The first-order chi connectivity index (χ1) is 12.0. The minimum Gasteiger partial charge on any atom is -0.350 e. The van der Waals surface area contributed by atoms with Crippen molar-refractivity contribution in [2.24, 2.45) is 5.92 Å². The zero-order valence-electron chi connectivity index (χ0n) is 14.5. The molecule has 2 N–H and O–H groups in total. The molecule has 0 saturated heterocycles. The first-order valence-corrected chi connectivity index (χ1v) is 8.40. The van der Waals surface area contributed by atoms with Crippen LogP contribution in [0.1, 0.15) is 36.2 Å². The molecule has 0 aliphatic carbocycles. The lowest BCUT2D eigenvalue weighted by molar-refractivity contribution is -0.124. The number of carbonyl (C=O) groups excluding carboxylic acids is 2. The van der Waals surface area contributed by atoms with Crippen molar-refractivity contribution < 1.29 is 14.0 Å². The summed E-state index contributed by atoms with van der Waals surface area (Å²) in [5.41, 5.74) is 0.908. The molecular formula is C20H23FN2O2. The van der Waals surface area contributed by atoms with Gasteiger partial charge in [0.2, 0.25) is 5.91 Å². The third-order valence-electron chi connectivity index (χ3n) is 4.23. The summed E-state index contributed by atoms with van der Waals surface area (Å²) in [5.74, 6) is -1.03. The summed E-state index contributed by atoms with van der Waals surface area (Å²) in [7, 11) is 0.